The molecular formula is C12H12N6. The van der Waals surface area contributed by atoms with Crippen LogP contribution in [0.5, 0.6) is 0 Å². The van der Waals surface area contributed by atoms with E-state index in [4.69, 9.17) is 5.73 Å². The number of aromatic nitrogens is 5. The van der Waals surface area contributed by atoms with E-state index >= 15 is 0 Å². The second kappa shape index (κ2) is 3.99. The summed E-state index contributed by atoms with van der Waals surface area (Å²) in [6.45, 7) is 0. The average molecular weight is 240 g/mol. The van der Waals surface area contributed by atoms with Gasteiger partial charge in [0, 0.05) is 18.2 Å². The lowest BCUT2D eigenvalue weighted by Crippen LogP contribution is -2.01. The first kappa shape index (κ1) is 10.5. The molecule has 6 heteroatoms. The third-order valence-electron chi connectivity index (χ3n) is 2.85. The number of rotatable bonds is 2. The Labute approximate surface area is 104 Å². The number of para-hydroxylation sites is 1. The Morgan fingerprint density at radius 3 is 2.67 bits per heavy atom. The van der Waals surface area contributed by atoms with Gasteiger partial charge in [-0.1, -0.05) is 23.4 Å². The fourth-order valence-electron chi connectivity index (χ4n) is 1.89. The summed E-state index contributed by atoms with van der Waals surface area (Å²) in [4.78, 5) is 0. The zero-order valence-electron chi connectivity index (χ0n) is 9.85. The summed E-state index contributed by atoms with van der Waals surface area (Å²) < 4.78 is 3.36. The minimum Gasteiger partial charge on any atom is -0.383 e. The molecule has 0 amide bonds. The Bertz CT molecular complexity index is 668. The van der Waals surface area contributed by atoms with Gasteiger partial charge in [-0.2, -0.15) is 5.10 Å². The summed E-state index contributed by atoms with van der Waals surface area (Å²) in [5, 5.41) is 12.0. The molecule has 0 atom stereocenters. The predicted molar refractivity (Wildman–Crippen MR) is 68.0 cm³/mol. The van der Waals surface area contributed by atoms with Crippen molar-refractivity contribution in [2.24, 2.45) is 7.05 Å². The van der Waals surface area contributed by atoms with Crippen LogP contribution < -0.4 is 5.73 Å². The van der Waals surface area contributed by atoms with Crippen LogP contribution in [0, 0.1) is 0 Å². The molecule has 6 nitrogen and oxygen atoms in total. The molecular weight excluding hydrogens is 228 g/mol. The van der Waals surface area contributed by atoms with Crippen LogP contribution in [0.3, 0.4) is 0 Å². The van der Waals surface area contributed by atoms with E-state index in [0.29, 0.717) is 5.82 Å². The Hall–Kier alpha value is -2.63. The van der Waals surface area contributed by atoms with E-state index in [1.54, 1.807) is 28.0 Å². The standard InChI is InChI=1S/C12H12N6/c1-17-12(13)10(8-15-17)9-4-2-3-5-11(9)18-7-6-14-16-18/h2-8H,13H2,1H3. The monoisotopic (exact) mass is 240 g/mol. The third-order valence-corrected chi connectivity index (χ3v) is 2.85. The molecule has 0 unspecified atom stereocenters. The molecule has 0 aliphatic heterocycles. The fraction of sp³-hybridized carbons (Fsp3) is 0.0833. The normalized spacial score (nSPS) is 10.7. The first-order valence-corrected chi connectivity index (χ1v) is 5.51. The van der Waals surface area contributed by atoms with Gasteiger partial charge < -0.3 is 5.73 Å². The Kier molecular flexibility index (Phi) is 2.33. The highest BCUT2D eigenvalue weighted by Gasteiger charge is 2.12. The van der Waals surface area contributed by atoms with Crippen molar-refractivity contribution in [2.75, 3.05) is 5.73 Å². The molecule has 18 heavy (non-hydrogen) atoms. The van der Waals surface area contributed by atoms with Gasteiger partial charge in [-0.25, -0.2) is 4.68 Å². The Morgan fingerprint density at radius 1 is 1.17 bits per heavy atom. The van der Waals surface area contributed by atoms with E-state index < -0.39 is 0 Å². The molecule has 0 spiro atoms. The lowest BCUT2D eigenvalue weighted by molar-refractivity contribution is 0.779. The maximum absolute atomic E-state index is 6.01. The van der Waals surface area contributed by atoms with Gasteiger partial charge in [0.15, 0.2) is 0 Å². The second-order valence-electron chi connectivity index (χ2n) is 3.93. The lowest BCUT2D eigenvalue weighted by atomic mass is 10.1. The highest BCUT2D eigenvalue weighted by atomic mass is 15.4. The van der Waals surface area contributed by atoms with E-state index in [0.717, 1.165) is 16.8 Å². The van der Waals surface area contributed by atoms with E-state index in [1.807, 2.05) is 31.3 Å². The Morgan fingerprint density at radius 2 is 2.00 bits per heavy atom. The van der Waals surface area contributed by atoms with Crippen LogP contribution in [0.15, 0.2) is 42.9 Å². The highest BCUT2D eigenvalue weighted by Crippen LogP contribution is 2.29. The molecule has 0 saturated heterocycles. The highest BCUT2D eigenvalue weighted by molar-refractivity contribution is 5.79. The van der Waals surface area contributed by atoms with Gasteiger partial charge in [-0.3, -0.25) is 4.68 Å². The van der Waals surface area contributed by atoms with Crippen molar-refractivity contribution in [1.82, 2.24) is 24.8 Å². The summed E-state index contributed by atoms with van der Waals surface area (Å²) in [7, 11) is 1.82. The number of nitrogens with zero attached hydrogens (tertiary/aromatic N) is 5. The molecule has 0 aliphatic carbocycles. The van der Waals surface area contributed by atoms with E-state index in [-0.39, 0.29) is 0 Å². The van der Waals surface area contributed by atoms with E-state index in [9.17, 15) is 0 Å². The minimum absolute atomic E-state index is 0.627. The number of hydrogen-bond acceptors (Lipinski definition) is 4. The number of nitrogen functional groups attached to an aromatic ring is 1. The molecule has 3 rings (SSSR count). The van der Waals surface area contributed by atoms with Crippen LogP contribution in [0.2, 0.25) is 0 Å². The maximum Gasteiger partial charge on any atom is 0.129 e. The maximum atomic E-state index is 6.01. The number of anilines is 1. The van der Waals surface area contributed by atoms with Gasteiger partial charge in [0.1, 0.15) is 5.82 Å². The summed E-state index contributed by atoms with van der Waals surface area (Å²) in [5.74, 6) is 0.627. The molecule has 0 fully saturated rings. The van der Waals surface area contributed by atoms with Gasteiger partial charge in [0.2, 0.25) is 0 Å². The summed E-state index contributed by atoms with van der Waals surface area (Å²) in [6.07, 6.45) is 5.19. The van der Waals surface area contributed by atoms with Crippen molar-refractivity contribution in [3.63, 3.8) is 0 Å². The van der Waals surface area contributed by atoms with Crippen LogP contribution in [0.4, 0.5) is 5.82 Å². The lowest BCUT2D eigenvalue weighted by Gasteiger charge is -2.08. The van der Waals surface area contributed by atoms with Crippen LogP contribution in [-0.2, 0) is 7.05 Å². The van der Waals surface area contributed by atoms with E-state index in [2.05, 4.69) is 15.4 Å². The predicted octanol–water partition coefficient (Wildman–Crippen LogP) is 1.25. The minimum atomic E-state index is 0.627. The number of nitrogens with two attached hydrogens (primary N) is 1. The molecule has 0 bridgehead atoms. The summed E-state index contributed by atoms with van der Waals surface area (Å²) >= 11 is 0. The first-order chi connectivity index (χ1) is 8.77. The third kappa shape index (κ3) is 1.55. The molecule has 3 aromatic rings. The number of hydrogen-bond donors (Lipinski definition) is 1. The smallest absolute Gasteiger partial charge is 0.129 e. The van der Waals surface area contributed by atoms with E-state index in [1.165, 1.54) is 0 Å². The van der Waals surface area contributed by atoms with Crippen molar-refractivity contribution in [1.29, 1.82) is 0 Å². The molecule has 2 heterocycles. The molecule has 0 radical (unpaired) electrons. The topological polar surface area (TPSA) is 74.5 Å². The van der Waals surface area contributed by atoms with Crippen LogP contribution >= 0.6 is 0 Å². The second-order valence-corrected chi connectivity index (χ2v) is 3.93. The van der Waals surface area contributed by atoms with Crippen molar-refractivity contribution >= 4 is 5.82 Å². The van der Waals surface area contributed by atoms with Gasteiger partial charge in [0.25, 0.3) is 0 Å². The number of benzene rings is 1. The van der Waals surface area contributed by atoms with Crippen LogP contribution in [0.25, 0.3) is 16.8 Å². The van der Waals surface area contributed by atoms with Crippen molar-refractivity contribution in [2.45, 2.75) is 0 Å². The van der Waals surface area contributed by atoms with Crippen LogP contribution in [0.1, 0.15) is 0 Å². The Balaban J connectivity index is 2.22. The van der Waals surface area contributed by atoms with Crippen molar-refractivity contribution < 1.29 is 0 Å². The molecule has 90 valence electrons. The van der Waals surface area contributed by atoms with Crippen LogP contribution in [-0.4, -0.2) is 24.8 Å². The van der Waals surface area contributed by atoms with Gasteiger partial charge in [-0.05, 0) is 6.07 Å². The number of aryl methyl sites for hydroxylation is 1. The largest absolute Gasteiger partial charge is 0.383 e. The van der Waals surface area contributed by atoms with Gasteiger partial charge in [0.05, 0.1) is 24.3 Å². The fourth-order valence-corrected chi connectivity index (χ4v) is 1.89. The zero-order valence-corrected chi connectivity index (χ0v) is 9.85. The average Bonchev–Trinajstić information content (AvgIpc) is 3.02. The summed E-state index contributed by atoms with van der Waals surface area (Å²) in [5.41, 5.74) is 8.81. The SMILES string of the molecule is Cn1ncc(-c2ccccc2-n2ccnn2)c1N. The van der Waals surface area contributed by atoms with Gasteiger partial charge in [-0.15, -0.1) is 5.10 Å². The molecule has 2 N–H and O–H groups in total. The van der Waals surface area contributed by atoms with Crippen molar-refractivity contribution in [3.8, 4) is 16.8 Å². The quantitative estimate of drug-likeness (QED) is 0.731. The van der Waals surface area contributed by atoms with Gasteiger partial charge >= 0.3 is 0 Å². The molecule has 1 aromatic carbocycles. The molecule has 2 aromatic heterocycles. The summed E-state index contributed by atoms with van der Waals surface area (Å²) in [6, 6.07) is 7.87. The first-order valence-electron chi connectivity index (χ1n) is 5.51. The van der Waals surface area contributed by atoms with Crippen molar-refractivity contribution in [3.05, 3.63) is 42.9 Å². The molecule has 0 saturated carbocycles. The molecule has 0 aliphatic rings. The zero-order chi connectivity index (χ0) is 12.5.